The van der Waals surface area contributed by atoms with Crippen molar-refractivity contribution in [2.45, 2.75) is 50.2 Å². The Hall–Kier alpha value is -1.05. The molecule has 7 heteroatoms. The van der Waals surface area contributed by atoms with Crippen LogP contribution in [-0.4, -0.2) is 48.0 Å². The molecule has 1 fully saturated rings. The van der Waals surface area contributed by atoms with Gasteiger partial charge in [-0.05, 0) is 46.9 Å². The Bertz CT molecular complexity index is 577. The second-order valence-corrected chi connectivity index (χ2v) is 8.35. The zero-order valence-electron chi connectivity index (χ0n) is 15.8. The molecule has 0 saturated carbocycles. The molecule has 0 aromatic carbocycles. The van der Waals surface area contributed by atoms with Crippen LogP contribution in [0.2, 0.25) is 0 Å². The molecule has 1 rings (SSSR count). The van der Waals surface area contributed by atoms with Gasteiger partial charge in [0.1, 0.15) is 5.83 Å². The molecular formula is C19H28F4N2S. The van der Waals surface area contributed by atoms with E-state index >= 15 is 0 Å². The Morgan fingerprint density at radius 3 is 2.46 bits per heavy atom. The minimum atomic E-state index is -4.42. The predicted octanol–water partition coefficient (Wildman–Crippen LogP) is 5.22. The number of allylic oxidation sites excluding steroid dienone is 4. The normalized spacial score (nSPS) is 23.0. The van der Waals surface area contributed by atoms with E-state index < -0.39 is 22.3 Å². The van der Waals surface area contributed by atoms with Gasteiger partial charge in [-0.3, -0.25) is 4.90 Å². The van der Waals surface area contributed by atoms with E-state index in [1.807, 2.05) is 14.0 Å². The molecule has 0 spiro atoms. The quantitative estimate of drug-likeness (QED) is 0.346. The van der Waals surface area contributed by atoms with Gasteiger partial charge in [0.05, 0.1) is 4.75 Å². The van der Waals surface area contributed by atoms with Gasteiger partial charge in [0.25, 0.3) is 0 Å². The zero-order chi connectivity index (χ0) is 20.1. The first-order valence-electron chi connectivity index (χ1n) is 8.48. The summed E-state index contributed by atoms with van der Waals surface area (Å²) in [4.78, 5) is 2.15. The van der Waals surface area contributed by atoms with Gasteiger partial charge in [0, 0.05) is 29.1 Å². The highest BCUT2D eigenvalue weighted by atomic mass is 32.2. The summed E-state index contributed by atoms with van der Waals surface area (Å²) in [5, 5.41) is 3.26. The lowest BCUT2D eigenvalue weighted by atomic mass is 9.96. The molecule has 1 aliphatic heterocycles. The number of nitrogens with zero attached hydrogens (tertiary/aromatic N) is 1. The lowest BCUT2D eigenvalue weighted by molar-refractivity contribution is -0.0918. The first-order chi connectivity index (χ1) is 11.9. The second-order valence-electron chi connectivity index (χ2n) is 6.77. The van der Waals surface area contributed by atoms with Gasteiger partial charge >= 0.3 is 6.18 Å². The van der Waals surface area contributed by atoms with Crippen LogP contribution in [-0.2, 0) is 0 Å². The van der Waals surface area contributed by atoms with Crippen molar-refractivity contribution in [2.24, 2.45) is 0 Å². The minimum absolute atomic E-state index is 0.0865. The first kappa shape index (κ1) is 23.0. The molecule has 1 unspecified atom stereocenters. The van der Waals surface area contributed by atoms with Crippen molar-refractivity contribution in [3.05, 3.63) is 47.7 Å². The van der Waals surface area contributed by atoms with Crippen LogP contribution in [0.1, 0.15) is 27.2 Å². The Morgan fingerprint density at radius 1 is 1.38 bits per heavy atom. The van der Waals surface area contributed by atoms with E-state index in [0.717, 1.165) is 44.3 Å². The standard InChI is InChI=1S/C19H28F4N2S/c1-7-8-17(20)14(3)26-18(5,11-13(2)19(21,22)23)15(4)25(6)16-9-10-24-12-16/h7-8,11,15-16,24H,1,3,9-10,12H2,2,4-6H3/b13-11+,17-8+/t15-,16+,18?/m0/s1. The molecule has 148 valence electrons. The van der Waals surface area contributed by atoms with Crippen LogP contribution in [0.4, 0.5) is 17.6 Å². The van der Waals surface area contributed by atoms with E-state index in [1.165, 1.54) is 12.2 Å². The van der Waals surface area contributed by atoms with Crippen LogP contribution < -0.4 is 5.32 Å². The molecular weight excluding hydrogens is 364 g/mol. The molecule has 1 saturated heterocycles. The molecule has 0 amide bonds. The summed E-state index contributed by atoms with van der Waals surface area (Å²) in [6.45, 7) is 13.4. The monoisotopic (exact) mass is 392 g/mol. The Morgan fingerprint density at radius 2 is 2.00 bits per heavy atom. The van der Waals surface area contributed by atoms with Crippen molar-refractivity contribution in [3.8, 4) is 0 Å². The molecule has 0 bridgehead atoms. The maximum atomic E-state index is 14.1. The Labute approximate surface area is 158 Å². The fourth-order valence-corrected chi connectivity index (χ4v) is 4.23. The molecule has 2 nitrogen and oxygen atoms in total. The van der Waals surface area contributed by atoms with Gasteiger partial charge in [0.2, 0.25) is 0 Å². The largest absolute Gasteiger partial charge is 0.412 e. The fourth-order valence-electron chi connectivity index (χ4n) is 2.97. The Balaban J connectivity index is 3.20. The summed E-state index contributed by atoms with van der Waals surface area (Å²) >= 11 is 1.01. The van der Waals surface area contributed by atoms with E-state index in [9.17, 15) is 17.6 Å². The number of thioether (sulfide) groups is 1. The average molecular weight is 393 g/mol. The number of alkyl halides is 3. The second kappa shape index (κ2) is 9.24. The number of nitrogens with one attached hydrogen (secondary N) is 1. The summed E-state index contributed by atoms with van der Waals surface area (Å²) in [5.74, 6) is -0.591. The zero-order valence-corrected chi connectivity index (χ0v) is 16.6. The van der Waals surface area contributed by atoms with E-state index in [1.54, 1.807) is 6.92 Å². The first-order valence-corrected chi connectivity index (χ1v) is 9.30. The van der Waals surface area contributed by atoms with Crippen molar-refractivity contribution in [2.75, 3.05) is 20.1 Å². The Kier molecular flexibility index (Phi) is 8.17. The number of halogens is 4. The average Bonchev–Trinajstić information content (AvgIpc) is 3.06. The number of rotatable bonds is 8. The predicted molar refractivity (Wildman–Crippen MR) is 103 cm³/mol. The van der Waals surface area contributed by atoms with Crippen molar-refractivity contribution in [1.29, 1.82) is 0 Å². The summed E-state index contributed by atoms with van der Waals surface area (Å²) in [5.41, 5.74) is -0.696. The molecule has 0 aromatic heterocycles. The van der Waals surface area contributed by atoms with Gasteiger partial charge in [-0.2, -0.15) is 13.2 Å². The van der Waals surface area contributed by atoms with Crippen molar-refractivity contribution < 1.29 is 17.6 Å². The smallest absolute Gasteiger partial charge is 0.315 e. The lowest BCUT2D eigenvalue weighted by Crippen LogP contribution is -2.50. The van der Waals surface area contributed by atoms with Gasteiger partial charge in [0.15, 0.2) is 0 Å². The summed E-state index contributed by atoms with van der Waals surface area (Å²) in [7, 11) is 1.90. The lowest BCUT2D eigenvalue weighted by Gasteiger charge is -2.41. The van der Waals surface area contributed by atoms with E-state index in [0.29, 0.717) is 0 Å². The van der Waals surface area contributed by atoms with Crippen LogP contribution in [0.3, 0.4) is 0 Å². The highest BCUT2D eigenvalue weighted by molar-refractivity contribution is 8.04. The number of likely N-dealkylation sites (N-methyl/N-ethyl adjacent to an activating group) is 1. The topological polar surface area (TPSA) is 15.3 Å². The highest BCUT2D eigenvalue weighted by Gasteiger charge is 2.40. The van der Waals surface area contributed by atoms with Crippen molar-refractivity contribution >= 4 is 11.8 Å². The minimum Gasteiger partial charge on any atom is -0.315 e. The maximum absolute atomic E-state index is 14.1. The van der Waals surface area contributed by atoms with Gasteiger partial charge in [-0.1, -0.05) is 25.3 Å². The van der Waals surface area contributed by atoms with E-state index in [-0.39, 0.29) is 17.0 Å². The van der Waals surface area contributed by atoms with Crippen LogP contribution in [0.15, 0.2) is 47.7 Å². The number of hydrogen-bond acceptors (Lipinski definition) is 3. The van der Waals surface area contributed by atoms with Gasteiger partial charge in [-0.25, -0.2) is 4.39 Å². The summed E-state index contributed by atoms with van der Waals surface area (Å²) in [6.07, 6.45) is 0.134. The van der Waals surface area contributed by atoms with Crippen LogP contribution in [0, 0.1) is 0 Å². The van der Waals surface area contributed by atoms with Gasteiger partial charge < -0.3 is 5.32 Å². The third-order valence-corrected chi connectivity index (χ3v) is 6.21. The van der Waals surface area contributed by atoms with Crippen molar-refractivity contribution in [1.82, 2.24) is 10.2 Å². The van der Waals surface area contributed by atoms with E-state index in [2.05, 4.69) is 23.4 Å². The highest BCUT2D eigenvalue weighted by Crippen LogP contribution is 2.43. The van der Waals surface area contributed by atoms with Crippen molar-refractivity contribution in [3.63, 3.8) is 0 Å². The number of hydrogen-bond donors (Lipinski definition) is 1. The molecule has 0 aliphatic carbocycles. The molecule has 1 aliphatic rings. The van der Waals surface area contributed by atoms with Crippen LogP contribution >= 0.6 is 11.8 Å². The summed E-state index contributed by atoms with van der Waals surface area (Å²) < 4.78 is 52.5. The maximum Gasteiger partial charge on any atom is 0.412 e. The molecule has 1 N–H and O–H groups in total. The molecule has 3 atom stereocenters. The molecule has 0 radical (unpaired) electrons. The molecule has 1 heterocycles. The van der Waals surface area contributed by atoms with Crippen LogP contribution in [0.25, 0.3) is 0 Å². The molecule has 0 aromatic rings. The third-order valence-electron chi connectivity index (χ3n) is 4.87. The third kappa shape index (κ3) is 5.99. The SMILES string of the molecule is C=C/C=C(/F)C(=C)SC(C)(/C=C(\C)C(F)(F)F)[C@H](C)N(C)[C@@H]1CCNC1. The van der Waals surface area contributed by atoms with Gasteiger partial charge in [-0.15, -0.1) is 11.8 Å². The van der Waals surface area contributed by atoms with Crippen LogP contribution in [0.5, 0.6) is 0 Å². The summed E-state index contributed by atoms with van der Waals surface area (Å²) in [6, 6.07) is -0.0469. The molecule has 26 heavy (non-hydrogen) atoms. The fraction of sp³-hybridized carbons (Fsp3) is 0.579. The van der Waals surface area contributed by atoms with E-state index in [4.69, 9.17) is 0 Å².